The SMILES string of the molecule is Cc1ccc(CSc2nc(C)cc(SCC(N)=O)n2)cc1. The number of hydrogen-bond acceptors (Lipinski definition) is 5. The van der Waals surface area contributed by atoms with E-state index < -0.39 is 0 Å². The van der Waals surface area contributed by atoms with Gasteiger partial charge in [-0.2, -0.15) is 0 Å². The Hall–Kier alpha value is -1.53. The fourth-order valence-electron chi connectivity index (χ4n) is 1.63. The summed E-state index contributed by atoms with van der Waals surface area (Å²) in [5, 5.41) is 1.51. The van der Waals surface area contributed by atoms with Gasteiger partial charge in [-0.15, -0.1) is 0 Å². The van der Waals surface area contributed by atoms with Crippen LogP contribution in [0.1, 0.15) is 16.8 Å². The Morgan fingerprint density at radius 3 is 2.52 bits per heavy atom. The number of primary amides is 1. The maximum absolute atomic E-state index is 10.8. The molecule has 0 spiro atoms. The first-order valence-electron chi connectivity index (χ1n) is 6.48. The third-order valence-corrected chi connectivity index (χ3v) is 4.51. The second-order valence-corrected chi connectivity index (χ2v) is 6.60. The highest BCUT2D eigenvalue weighted by Gasteiger charge is 2.06. The minimum absolute atomic E-state index is 0.235. The van der Waals surface area contributed by atoms with Gasteiger partial charge >= 0.3 is 0 Å². The average molecular weight is 319 g/mol. The molecule has 0 saturated heterocycles. The first-order chi connectivity index (χ1) is 10.0. The zero-order chi connectivity index (χ0) is 15.2. The number of carbonyl (C=O) groups is 1. The van der Waals surface area contributed by atoms with Crippen molar-refractivity contribution < 1.29 is 4.79 Å². The highest BCUT2D eigenvalue weighted by molar-refractivity contribution is 8.00. The van der Waals surface area contributed by atoms with Crippen LogP contribution in [0, 0.1) is 13.8 Å². The predicted molar refractivity (Wildman–Crippen MR) is 87.4 cm³/mol. The Morgan fingerprint density at radius 1 is 1.14 bits per heavy atom. The van der Waals surface area contributed by atoms with Gasteiger partial charge in [-0.25, -0.2) is 9.97 Å². The lowest BCUT2D eigenvalue weighted by Gasteiger charge is -2.05. The Bertz CT molecular complexity index is 629. The van der Waals surface area contributed by atoms with Crippen molar-refractivity contribution in [3.8, 4) is 0 Å². The van der Waals surface area contributed by atoms with Gasteiger partial charge in [0, 0.05) is 11.4 Å². The van der Waals surface area contributed by atoms with Crippen LogP contribution in [0.2, 0.25) is 0 Å². The van der Waals surface area contributed by atoms with Crippen molar-refractivity contribution in [1.82, 2.24) is 9.97 Å². The van der Waals surface area contributed by atoms with Crippen LogP contribution in [0.25, 0.3) is 0 Å². The molecule has 0 atom stereocenters. The van der Waals surface area contributed by atoms with Crippen molar-refractivity contribution in [2.75, 3.05) is 5.75 Å². The highest BCUT2D eigenvalue weighted by atomic mass is 32.2. The van der Waals surface area contributed by atoms with E-state index in [0.29, 0.717) is 0 Å². The van der Waals surface area contributed by atoms with E-state index in [1.807, 2.05) is 13.0 Å². The third kappa shape index (κ3) is 5.40. The minimum Gasteiger partial charge on any atom is -0.369 e. The molecule has 2 aromatic rings. The molecule has 6 heteroatoms. The van der Waals surface area contributed by atoms with Gasteiger partial charge in [-0.3, -0.25) is 4.79 Å². The molecule has 110 valence electrons. The molecule has 0 fully saturated rings. The van der Waals surface area contributed by atoms with E-state index in [4.69, 9.17) is 5.73 Å². The van der Waals surface area contributed by atoms with E-state index in [0.717, 1.165) is 21.6 Å². The van der Waals surface area contributed by atoms with Crippen LogP contribution in [0.15, 0.2) is 40.5 Å². The van der Waals surface area contributed by atoms with Crippen molar-refractivity contribution in [2.45, 2.75) is 29.8 Å². The van der Waals surface area contributed by atoms with E-state index in [9.17, 15) is 4.79 Å². The highest BCUT2D eigenvalue weighted by Crippen LogP contribution is 2.23. The van der Waals surface area contributed by atoms with Crippen LogP contribution in [0.4, 0.5) is 0 Å². The van der Waals surface area contributed by atoms with Gasteiger partial charge < -0.3 is 5.73 Å². The summed E-state index contributed by atoms with van der Waals surface area (Å²) in [5.41, 5.74) is 8.54. The molecule has 0 unspecified atom stereocenters. The van der Waals surface area contributed by atoms with Gasteiger partial charge in [0.05, 0.1) is 5.75 Å². The van der Waals surface area contributed by atoms with Gasteiger partial charge in [0.25, 0.3) is 0 Å². The normalized spacial score (nSPS) is 10.6. The molecule has 0 saturated carbocycles. The summed E-state index contributed by atoms with van der Waals surface area (Å²) in [4.78, 5) is 19.7. The Kier molecular flexibility index (Phi) is 5.64. The second-order valence-electron chi connectivity index (χ2n) is 4.66. The number of nitrogens with zero attached hydrogens (tertiary/aromatic N) is 2. The van der Waals surface area contributed by atoms with Crippen molar-refractivity contribution in [2.24, 2.45) is 5.73 Å². The summed E-state index contributed by atoms with van der Waals surface area (Å²) >= 11 is 2.93. The minimum atomic E-state index is -0.342. The van der Waals surface area contributed by atoms with Crippen molar-refractivity contribution in [1.29, 1.82) is 0 Å². The zero-order valence-corrected chi connectivity index (χ0v) is 13.6. The van der Waals surface area contributed by atoms with Crippen molar-refractivity contribution in [3.05, 3.63) is 47.2 Å². The molecule has 4 nitrogen and oxygen atoms in total. The molecular weight excluding hydrogens is 302 g/mol. The van der Waals surface area contributed by atoms with Crippen LogP contribution in [-0.2, 0) is 10.5 Å². The average Bonchev–Trinajstić information content (AvgIpc) is 2.44. The molecule has 21 heavy (non-hydrogen) atoms. The molecule has 2 N–H and O–H groups in total. The lowest BCUT2D eigenvalue weighted by molar-refractivity contribution is -0.115. The summed E-state index contributed by atoms with van der Waals surface area (Å²) < 4.78 is 0. The topological polar surface area (TPSA) is 68.9 Å². The summed E-state index contributed by atoms with van der Waals surface area (Å²) in [6, 6.07) is 10.3. The molecule has 1 amide bonds. The zero-order valence-electron chi connectivity index (χ0n) is 12.0. The van der Waals surface area contributed by atoms with E-state index in [2.05, 4.69) is 41.2 Å². The van der Waals surface area contributed by atoms with Crippen LogP contribution in [0.3, 0.4) is 0 Å². The van der Waals surface area contributed by atoms with Gasteiger partial charge in [0.2, 0.25) is 5.91 Å². The Morgan fingerprint density at radius 2 is 1.86 bits per heavy atom. The fourth-order valence-corrected chi connectivity index (χ4v) is 3.24. The number of aryl methyl sites for hydroxylation is 2. The molecule has 0 bridgehead atoms. The first kappa shape index (κ1) is 15.9. The molecule has 0 aliphatic heterocycles. The number of aromatic nitrogens is 2. The van der Waals surface area contributed by atoms with Gasteiger partial charge in [0.15, 0.2) is 5.16 Å². The Labute approximate surface area is 133 Å². The summed E-state index contributed by atoms with van der Waals surface area (Å²) in [7, 11) is 0. The molecule has 1 heterocycles. The molecule has 0 aliphatic carbocycles. The second kappa shape index (κ2) is 7.47. The number of nitrogens with two attached hydrogens (primary N) is 1. The molecule has 1 aromatic heterocycles. The number of amides is 1. The number of benzene rings is 1. The van der Waals surface area contributed by atoms with Gasteiger partial charge in [-0.1, -0.05) is 53.4 Å². The third-order valence-electron chi connectivity index (χ3n) is 2.66. The summed E-state index contributed by atoms with van der Waals surface area (Å²) in [6.07, 6.45) is 0. The molecule has 2 rings (SSSR count). The van der Waals surface area contributed by atoms with E-state index >= 15 is 0 Å². The van der Waals surface area contributed by atoms with Gasteiger partial charge in [0.1, 0.15) is 5.03 Å². The smallest absolute Gasteiger partial charge is 0.227 e. The largest absolute Gasteiger partial charge is 0.369 e. The number of hydrogen-bond donors (Lipinski definition) is 1. The maximum atomic E-state index is 10.8. The van der Waals surface area contributed by atoms with E-state index in [1.54, 1.807) is 11.8 Å². The van der Waals surface area contributed by atoms with Crippen LogP contribution < -0.4 is 5.73 Å². The quantitative estimate of drug-likeness (QED) is 0.503. The van der Waals surface area contributed by atoms with Gasteiger partial charge in [-0.05, 0) is 25.5 Å². The number of carbonyl (C=O) groups excluding carboxylic acids is 1. The van der Waals surface area contributed by atoms with Crippen LogP contribution in [-0.4, -0.2) is 21.6 Å². The molecule has 0 radical (unpaired) electrons. The maximum Gasteiger partial charge on any atom is 0.227 e. The molecule has 0 aliphatic rings. The molecule has 1 aromatic carbocycles. The summed E-state index contributed by atoms with van der Waals surface area (Å²) in [5.74, 6) is 0.715. The van der Waals surface area contributed by atoms with Crippen LogP contribution in [0.5, 0.6) is 0 Å². The summed E-state index contributed by atoms with van der Waals surface area (Å²) in [6.45, 7) is 3.99. The van der Waals surface area contributed by atoms with Crippen molar-refractivity contribution >= 4 is 29.4 Å². The number of rotatable bonds is 6. The number of thioether (sulfide) groups is 2. The predicted octanol–water partition coefficient (Wildman–Crippen LogP) is 2.96. The van der Waals surface area contributed by atoms with E-state index in [1.165, 1.54) is 22.9 Å². The van der Waals surface area contributed by atoms with E-state index in [-0.39, 0.29) is 11.7 Å². The first-order valence-corrected chi connectivity index (χ1v) is 8.45. The fraction of sp³-hybridized carbons (Fsp3) is 0.267. The standard InChI is InChI=1S/C15H17N3OS2/c1-10-3-5-12(6-4-10)8-21-15-17-11(2)7-14(18-15)20-9-13(16)19/h3-7H,8-9H2,1-2H3,(H2,16,19). The lowest BCUT2D eigenvalue weighted by atomic mass is 10.2. The lowest BCUT2D eigenvalue weighted by Crippen LogP contribution is -2.13. The monoisotopic (exact) mass is 319 g/mol. The van der Waals surface area contributed by atoms with Crippen LogP contribution >= 0.6 is 23.5 Å². The Balaban J connectivity index is 2.02. The van der Waals surface area contributed by atoms with Crippen molar-refractivity contribution in [3.63, 3.8) is 0 Å². The molecular formula is C15H17N3OS2.